The fourth-order valence-electron chi connectivity index (χ4n) is 2.55. The van der Waals surface area contributed by atoms with E-state index in [9.17, 15) is 4.79 Å². The second kappa shape index (κ2) is 9.00. The first-order chi connectivity index (χ1) is 11.5. The number of carbonyl (C=O) groups is 1. The fourth-order valence-corrected chi connectivity index (χ4v) is 2.81. The van der Waals surface area contributed by atoms with E-state index < -0.39 is 6.10 Å². The highest BCUT2D eigenvalue weighted by atomic mass is 79.9. The van der Waals surface area contributed by atoms with Crippen molar-refractivity contribution in [2.24, 2.45) is 5.92 Å². The van der Waals surface area contributed by atoms with E-state index in [4.69, 9.17) is 9.47 Å². The number of hydrogen-bond acceptors (Lipinski definition) is 3. The molecule has 2 rings (SSSR count). The van der Waals surface area contributed by atoms with Crippen LogP contribution in [0.2, 0.25) is 0 Å². The lowest BCUT2D eigenvalue weighted by Gasteiger charge is -2.25. The molecule has 0 bridgehead atoms. The van der Waals surface area contributed by atoms with Gasteiger partial charge in [-0.3, -0.25) is 0 Å². The molecule has 0 aromatic heterocycles. The largest absolute Gasteiger partial charge is 0.467 e. The summed E-state index contributed by atoms with van der Waals surface area (Å²) in [5.74, 6) is -0.00261. The van der Waals surface area contributed by atoms with Gasteiger partial charge in [0.25, 0.3) is 0 Å². The maximum Gasteiger partial charge on any atom is 0.335 e. The summed E-state index contributed by atoms with van der Waals surface area (Å²) in [6, 6.07) is 17.9. The molecule has 0 aliphatic carbocycles. The number of esters is 1. The van der Waals surface area contributed by atoms with Gasteiger partial charge in [0.05, 0.1) is 7.11 Å². The third-order valence-electron chi connectivity index (χ3n) is 3.72. The van der Waals surface area contributed by atoms with Crippen LogP contribution in [0.3, 0.4) is 0 Å². The molecule has 2 aromatic carbocycles. The molecule has 0 amide bonds. The lowest BCUT2D eigenvalue weighted by Crippen LogP contribution is -2.29. The second-order valence-corrected chi connectivity index (χ2v) is 7.04. The van der Waals surface area contributed by atoms with E-state index in [0.29, 0.717) is 12.3 Å². The van der Waals surface area contributed by atoms with E-state index in [1.165, 1.54) is 7.11 Å². The van der Waals surface area contributed by atoms with Gasteiger partial charge >= 0.3 is 5.97 Å². The molecule has 0 N–H and O–H groups in total. The summed E-state index contributed by atoms with van der Waals surface area (Å²) in [5, 5.41) is 0. The van der Waals surface area contributed by atoms with Crippen LogP contribution in [0.1, 0.15) is 37.5 Å². The molecule has 128 valence electrons. The predicted octanol–water partition coefficient (Wildman–Crippen LogP) is 5.14. The Morgan fingerprint density at radius 2 is 1.58 bits per heavy atom. The smallest absolute Gasteiger partial charge is 0.335 e. The van der Waals surface area contributed by atoms with Crippen molar-refractivity contribution in [3.05, 3.63) is 70.2 Å². The van der Waals surface area contributed by atoms with Gasteiger partial charge in [-0.05, 0) is 35.6 Å². The molecule has 0 unspecified atom stereocenters. The topological polar surface area (TPSA) is 35.5 Å². The molecule has 2 atom stereocenters. The van der Waals surface area contributed by atoms with Gasteiger partial charge in [-0.1, -0.05) is 72.2 Å². The minimum absolute atomic E-state index is 0.317. The van der Waals surface area contributed by atoms with Gasteiger partial charge in [0.15, 0.2) is 6.10 Å². The van der Waals surface area contributed by atoms with Crippen LogP contribution in [0, 0.1) is 5.92 Å². The molecule has 0 fully saturated rings. The van der Waals surface area contributed by atoms with Crippen LogP contribution in [0.15, 0.2) is 59.1 Å². The van der Waals surface area contributed by atoms with Crippen molar-refractivity contribution >= 4 is 21.9 Å². The zero-order valence-corrected chi connectivity index (χ0v) is 15.8. The zero-order chi connectivity index (χ0) is 17.5. The first-order valence-corrected chi connectivity index (χ1v) is 8.84. The number of benzene rings is 2. The molecule has 0 spiro atoms. The number of carbonyl (C=O) groups excluding carboxylic acids is 1. The van der Waals surface area contributed by atoms with E-state index in [2.05, 4.69) is 29.8 Å². The molecule has 0 saturated heterocycles. The lowest BCUT2D eigenvalue weighted by molar-refractivity contribution is -0.158. The average molecular weight is 391 g/mol. The zero-order valence-electron chi connectivity index (χ0n) is 14.2. The van der Waals surface area contributed by atoms with Crippen molar-refractivity contribution in [3.63, 3.8) is 0 Å². The van der Waals surface area contributed by atoms with E-state index in [1.54, 1.807) is 0 Å². The summed E-state index contributed by atoms with van der Waals surface area (Å²) in [6.45, 7) is 4.13. The van der Waals surface area contributed by atoms with Crippen LogP contribution >= 0.6 is 15.9 Å². The number of halogens is 1. The Hall–Kier alpha value is -1.65. The highest BCUT2D eigenvalue weighted by Gasteiger charge is 2.27. The van der Waals surface area contributed by atoms with Crippen LogP contribution < -0.4 is 0 Å². The van der Waals surface area contributed by atoms with Gasteiger partial charge in [-0.15, -0.1) is 0 Å². The highest BCUT2D eigenvalue weighted by Crippen LogP contribution is 2.30. The third kappa shape index (κ3) is 5.18. The van der Waals surface area contributed by atoms with Gasteiger partial charge in [0, 0.05) is 4.47 Å². The molecule has 0 saturated carbocycles. The standard InChI is InChI=1S/C20H23BrO3/c1-14(2)13-18(20(22)23-3)24-19(15-7-5-4-6-8-15)16-9-11-17(21)12-10-16/h4-12,14,18-19H,13H2,1-3H3/t18-,19+/m0/s1. The van der Waals surface area contributed by atoms with Crippen molar-refractivity contribution in [1.29, 1.82) is 0 Å². The molecular formula is C20H23BrO3. The summed E-state index contributed by atoms with van der Waals surface area (Å²) < 4.78 is 12.2. The van der Waals surface area contributed by atoms with Crippen molar-refractivity contribution in [2.75, 3.05) is 7.11 Å². The van der Waals surface area contributed by atoms with Gasteiger partial charge < -0.3 is 9.47 Å². The fraction of sp³-hybridized carbons (Fsp3) is 0.350. The molecule has 24 heavy (non-hydrogen) atoms. The Balaban J connectivity index is 2.34. The molecule has 2 aromatic rings. The van der Waals surface area contributed by atoms with Crippen LogP contribution in [0.4, 0.5) is 0 Å². The maximum atomic E-state index is 12.1. The predicted molar refractivity (Wildman–Crippen MR) is 98.8 cm³/mol. The molecule has 0 heterocycles. The Morgan fingerprint density at radius 1 is 1.00 bits per heavy atom. The SMILES string of the molecule is COC(=O)[C@H](CC(C)C)O[C@H](c1ccccc1)c1ccc(Br)cc1. The van der Waals surface area contributed by atoms with Gasteiger partial charge in [-0.2, -0.15) is 0 Å². The van der Waals surface area contributed by atoms with Crippen LogP contribution in [0.25, 0.3) is 0 Å². The normalized spacial score (nSPS) is 13.5. The second-order valence-electron chi connectivity index (χ2n) is 6.12. The summed E-state index contributed by atoms with van der Waals surface area (Å²) in [6.07, 6.45) is -0.294. The Bertz CT molecular complexity index is 638. The van der Waals surface area contributed by atoms with Crippen LogP contribution in [-0.2, 0) is 14.3 Å². The minimum atomic E-state index is -0.594. The lowest BCUT2D eigenvalue weighted by atomic mass is 10.00. The molecular weight excluding hydrogens is 368 g/mol. The number of ether oxygens (including phenoxy) is 2. The summed E-state index contributed by atoms with van der Waals surface area (Å²) in [4.78, 5) is 12.1. The molecule has 4 heteroatoms. The van der Waals surface area contributed by atoms with Crippen LogP contribution in [-0.4, -0.2) is 19.2 Å². The van der Waals surface area contributed by atoms with E-state index >= 15 is 0 Å². The number of hydrogen-bond donors (Lipinski definition) is 0. The molecule has 0 aliphatic rings. The monoisotopic (exact) mass is 390 g/mol. The van der Waals surface area contributed by atoms with Crippen molar-refractivity contribution in [2.45, 2.75) is 32.5 Å². The molecule has 3 nitrogen and oxygen atoms in total. The Morgan fingerprint density at radius 3 is 2.12 bits per heavy atom. The Labute approximate surface area is 152 Å². The maximum absolute atomic E-state index is 12.1. The highest BCUT2D eigenvalue weighted by molar-refractivity contribution is 9.10. The number of methoxy groups -OCH3 is 1. The first kappa shape index (κ1) is 18.7. The van der Waals surface area contributed by atoms with Crippen LogP contribution in [0.5, 0.6) is 0 Å². The van der Waals surface area contributed by atoms with Gasteiger partial charge in [0.1, 0.15) is 6.10 Å². The quantitative estimate of drug-likeness (QED) is 0.613. The minimum Gasteiger partial charge on any atom is -0.467 e. The molecule has 0 aliphatic heterocycles. The number of rotatable bonds is 7. The average Bonchev–Trinajstić information content (AvgIpc) is 2.59. The third-order valence-corrected chi connectivity index (χ3v) is 4.25. The van der Waals surface area contributed by atoms with Gasteiger partial charge in [-0.25, -0.2) is 4.79 Å². The van der Waals surface area contributed by atoms with Crippen molar-refractivity contribution in [3.8, 4) is 0 Å². The van der Waals surface area contributed by atoms with E-state index in [0.717, 1.165) is 15.6 Å². The van der Waals surface area contributed by atoms with E-state index in [-0.39, 0.29) is 12.1 Å². The van der Waals surface area contributed by atoms with Crippen molar-refractivity contribution in [1.82, 2.24) is 0 Å². The Kier molecular flexibility index (Phi) is 7.00. The van der Waals surface area contributed by atoms with E-state index in [1.807, 2.05) is 54.6 Å². The van der Waals surface area contributed by atoms with Gasteiger partial charge in [0.2, 0.25) is 0 Å². The summed E-state index contributed by atoms with van der Waals surface area (Å²) in [7, 11) is 1.40. The van der Waals surface area contributed by atoms with Crippen molar-refractivity contribution < 1.29 is 14.3 Å². The summed E-state index contributed by atoms with van der Waals surface area (Å²) >= 11 is 3.45. The first-order valence-electron chi connectivity index (χ1n) is 8.05. The molecule has 0 radical (unpaired) electrons. The summed E-state index contributed by atoms with van der Waals surface area (Å²) in [5.41, 5.74) is 2.01.